The lowest BCUT2D eigenvalue weighted by molar-refractivity contribution is -0.143. The van der Waals surface area contributed by atoms with Gasteiger partial charge in [0, 0.05) is 13.0 Å². The van der Waals surface area contributed by atoms with Crippen molar-refractivity contribution in [3.8, 4) is 0 Å². The first-order chi connectivity index (χ1) is 8.26. The van der Waals surface area contributed by atoms with Crippen molar-refractivity contribution in [3.63, 3.8) is 0 Å². The number of nitrogens with zero attached hydrogens (tertiary/aromatic N) is 1. The van der Waals surface area contributed by atoms with Gasteiger partial charge in [0.25, 0.3) is 0 Å². The lowest BCUT2D eigenvalue weighted by atomic mass is 9.98. The van der Waals surface area contributed by atoms with E-state index in [2.05, 4.69) is 4.90 Å². The van der Waals surface area contributed by atoms with Crippen molar-refractivity contribution >= 4 is 5.97 Å². The van der Waals surface area contributed by atoms with Gasteiger partial charge in [0.2, 0.25) is 0 Å². The zero-order valence-electron chi connectivity index (χ0n) is 10.9. The molecule has 1 saturated heterocycles. The summed E-state index contributed by atoms with van der Waals surface area (Å²) in [5, 5.41) is 9.03. The maximum absolute atomic E-state index is 11.1. The average molecular weight is 243 g/mol. The molecule has 1 N–H and O–H groups in total. The molecule has 0 aromatic heterocycles. The fraction of sp³-hybridized carbons (Fsp3) is 0.923. The lowest BCUT2D eigenvalue weighted by Crippen LogP contribution is -2.35. The van der Waals surface area contributed by atoms with E-state index in [1.54, 1.807) is 0 Å². The van der Waals surface area contributed by atoms with E-state index in [4.69, 9.17) is 9.84 Å². The van der Waals surface area contributed by atoms with E-state index in [0.29, 0.717) is 25.6 Å². The summed E-state index contributed by atoms with van der Waals surface area (Å²) in [6, 6.07) is 0. The molecule has 0 unspecified atom stereocenters. The fourth-order valence-electron chi connectivity index (χ4n) is 2.23. The standard InChI is InChI=1S/C13H25NO3/c1-2-17-13(16)5-3-4-8-14-9-6-12(11-15)7-10-14/h12,15H,2-11H2,1H3. The molecule has 100 valence electrons. The van der Waals surface area contributed by atoms with Gasteiger partial charge in [-0.15, -0.1) is 0 Å². The molecule has 17 heavy (non-hydrogen) atoms. The minimum absolute atomic E-state index is 0.0773. The van der Waals surface area contributed by atoms with Crippen LogP contribution in [0, 0.1) is 5.92 Å². The summed E-state index contributed by atoms with van der Waals surface area (Å²) in [6.45, 7) is 5.89. The van der Waals surface area contributed by atoms with E-state index in [1.165, 1.54) is 0 Å². The number of rotatable bonds is 7. The number of aliphatic hydroxyl groups is 1. The number of likely N-dealkylation sites (tertiary alicyclic amines) is 1. The minimum Gasteiger partial charge on any atom is -0.466 e. The number of unbranched alkanes of at least 4 members (excludes halogenated alkanes) is 1. The third-order valence-corrected chi connectivity index (χ3v) is 3.38. The van der Waals surface area contributed by atoms with Crippen LogP contribution in [0.5, 0.6) is 0 Å². The van der Waals surface area contributed by atoms with Gasteiger partial charge in [-0.1, -0.05) is 0 Å². The van der Waals surface area contributed by atoms with E-state index in [0.717, 1.165) is 45.3 Å². The second-order valence-corrected chi connectivity index (χ2v) is 4.73. The van der Waals surface area contributed by atoms with Gasteiger partial charge in [-0.3, -0.25) is 4.79 Å². The molecule has 0 radical (unpaired) electrons. The highest BCUT2D eigenvalue weighted by Gasteiger charge is 2.17. The van der Waals surface area contributed by atoms with Crippen LogP contribution in [0.3, 0.4) is 0 Å². The summed E-state index contributed by atoms with van der Waals surface area (Å²) in [7, 11) is 0. The van der Waals surface area contributed by atoms with Crippen LogP contribution in [0.1, 0.15) is 39.0 Å². The summed E-state index contributed by atoms with van der Waals surface area (Å²) in [6.07, 6.45) is 4.73. The van der Waals surface area contributed by atoms with Crippen LogP contribution in [0.4, 0.5) is 0 Å². The van der Waals surface area contributed by atoms with Crippen molar-refractivity contribution in [2.75, 3.05) is 32.8 Å². The number of carbonyl (C=O) groups is 1. The second kappa shape index (κ2) is 8.48. The Morgan fingerprint density at radius 2 is 2.06 bits per heavy atom. The van der Waals surface area contributed by atoms with Crippen molar-refractivity contribution < 1.29 is 14.6 Å². The van der Waals surface area contributed by atoms with Crippen LogP contribution in [0.25, 0.3) is 0 Å². The van der Waals surface area contributed by atoms with Crippen molar-refractivity contribution in [2.24, 2.45) is 5.92 Å². The summed E-state index contributed by atoms with van der Waals surface area (Å²) in [5.74, 6) is 0.428. The average Bonchev–Trinajstić information content (AvgIpc) is 2.36. The van der Waals surface area contributed by atoms with Gasteiger partial charge >= 0.3 is 5.97 Å². The highest BCUT2D eigenvalue weighted by Crippen LogP contribution is 2.16. The van der Waals surface area contributed by atoms with E-state index in [1.807, 2.05) is 6.92 Å². The summed E-state index contributed by atoms with van der Waals surface area (Å²) >= 11 is 0. The fourth-order valence-corrected chi connectivity index (χ4v) is 2.23. The Labute approximate surface area is 104 Å². The van der Waals surface area contributed by atoms with E-state index in [-0.39, 0.29) is 5.97 Å². The zero-order chi connectivity index (χ0) is 12.5. The Kier molecular flexibility index (Phi) is 7.21. The topological polar surface area (TPSA) is 49.8 Å². The molecule has 0 bridgehead atoms. The smallest absolute Gasteiger partial charge is 0.305 e. The van der Waals surface area contributed by atoms with Crippen molar-refractivity contribution in [1.82, 2.24) is 4.90 Å². The van der Waals surface area contributed by atoms with Gasteiger partial charge < -0.3 is 14.7 Å². The normalized spacial score (nSPS) is 18.2. The van der Waals surface area contributed by atoms with Gasteiger partial charge in [-0.25, -0.2) is 0 Å². The molecule has 1 rings (SSSR count). The van der Waals surface area contributed by atoms with Crippen LogP contribution in [-0.4, -0.2) is 48.8 Å². The van der Waals surface area contributed by atoms with E-state index < -0.39 is 0 Å². The molecule has 4 heteroatoms. The quantitative estimate of drug-likeness (QED) is 0.543. The molecule has 0 saturated carbocycles. The van der Waals surface area contributed by atoms with Gasteiger partial charge in [-0.05, 0) is 58.2 Å². The van der Waals surface area contributed by atoms with Crippen molar-refractivity contribution in [1.29, 1.82) is 0 Å². The Bertz CT molecular complexity index is 213. The van der Waals surface area contributed by atoms with Crippen LogP contribution < -0.4 is 0 Å². The first kappa shape index (κ1) is 14.5. The number of ether oxygens (including phenoxy) is 1. The highest BCUT2D eigenvalue weighted by atomic mass is 16.5. The molecule has 0 aromatic rings. The predicted octanol–water partition coefficient (Wildman–Crippen LogP) is 1.42. The Morgan fingerprint density at radius 3 is 2.65 bits per heavy atom. The molecule has 1 aliphatic rings. The monoisotopic (exact) mass is 243 g/mol. The molecule has 0 atom stereocenters. The van der Waals surface area contributed by atoms with Crippen LogP contribution in [0.2, 0.25) is 0 Å². The summed E-state index contributed by atoms with van der Waals surface area (Å²) < 4.78 is 4.88. The SMILES string of the molecule is CCOC(=O)CCCCN1CCC(CO)CC1. The molecule has 1 aliphatic heterocycles. The largest absolute Gasteiger partial charge is 0.466 e. The van der Waals surface area contributed by atoms with Crippen molar-refractivity contribution in [2.45, 2.75) is 39.0 Å². The number of hydrogen-bond donors (Lipinski definition) is 1. The predicted molar refractivity (Wildman–Crippen MR) is 66.7 cm³/mol. The first-order valence-corrected chi connectivity index (χ1v) is 6.75. The molecule has 0 aliphatic carbocycles. The summed E-state index contributed by atoms with van der Waals surface area (Å²) in [5.41, 5.74) is 0. The lowest BCUT2D eigenvalue weighted by Gasteiger charge is -2.30. The van der Waals surface area contributed by atoms with Gasteiger partial charge in [0.1, 0.15) is 0 Å². The maximum Gasteiger partial charge on any atom is 0.305 e. The molecular formula is C13H25NO3. The molecule has 1 fully saturated rings. The number of esters is 1. The van der Waals surface area contributed by atoms with E-state index >= 15 is 0 Å². The van der Waals surface area contributed by atoms with Crippen LogP contribution >= 0.6 is 0 Å². The third kappa shape index (κ3) is 6.03. The zero-order valence-corrected chi connectivity index (χ0v) is 10.9. The highest BCUT2D eigenvalue weighted by molar-refractivity contribution is 5.69. The molecule has 0 spiro atoms. The molecule has 0 aromatic carbocycles. The Balaban J connectivity index is 1.98. The van der Waals surface area contributed by atoms with E-state index in [9.17, 15) is 4.79 Å². The molecule has 0 amide bonds. The Morgan fingerprint density at radius 1 is 1.35 bits per heavy atom. The van der Waals surface area contributed by atoms with Gasteiger partial charge in [0.05, 0.1) is 6.61 Å². The van der Waals surface area contributed by atoms with Gasteiger partial charge in [-0.2, -0.15) is 0 Å². The molecule has 1 heterocycles. The van der Waals surface area contributed by atoms with Crippen molar-refractivity contribution in [3.05, 3.63) is 0 Å². The van der Waals surface area contributed by atoms with Crippen LogP contribution in [0.15, 0.2) is 0 Å². The third-order valence-electron chi connectivity index (χ3n) is 3.38. The Hall–Kier alpha value is -0.610. The molecular weight excluding hydrogens is 218 g/mol. The number of piperidine rings is 1. The summed E-state index contributed by atoms with van der Waals surface area (Å²) in [4.78, 5) is 13.5. The minimum atomic E-state index is -0.0773. The first-order valence-electron chi connectivity index (χ1n) is 6.75. The van der Waals surface area contributed by atoms with Gasteiger partial charge in [0.15, 0.2) is 0 Å². The number of aliphatic hydroxyl groups excluding tert-OH is 1. The maximum atomic E-state index is 11.1. The van der Waals surface area contributed by atoms with Crippen LogP contribution in [-0.2, 0) is 9.53 Å². The number of hydrogen-bond acceptors (Lipinski definition) is 4. The molecule has 4 nitrogen and oxygen atoms in total. The second-order valence-electron chi connectivity index (χ2n) is 4.73. The number of carbonyl (C=O) groups excluding carboxylic acids is 1.